The van der Waals surface area contributed by atoms with Crippen molar-refractivity contribution in [1.82, 2.24) is 0 Å². The van der Waals surface area contributed by atoms with E-state index in [0.29, 0.717) is 5.92 Å². The Kier molecular flexibility index (Phi) is 62.7. The van der Waals surface area contributed by atoms with Crippen molar-refractivity contribution in [3.63, 3.8) is 0 Å². The number of rotatable bonds is 32. The molecule has 0 saturated heterocycles. The van der Waals surface area contributed by atoms with Crippen LogP contribution in [0.5, 0.6) is 0 Å². The van der Waals surface area contributed by atoms with E-state index in [4.69, 9.17) is 0 Å². The zero-order valence-corrected chi connectivity index (χ0v) is 90.2. The van der Waals surface area contributed by atoms with Crippen LogP contribution in [0.4, 0.5) is 0 Å². The smallest absolute Gasteiger partial charge is 0.0167 e. The first-order valence-corrected chi connectivity index (χ1v) is 53.6. The summed E-state index contributed by atoms with van der Waals surface area (Å²) < 4.78 is 0. The fourth-order valence-electron chi connectivity index (χ4n) is 16.5. The lowest BCUT2D eigenvalue weighted by atomic mass is 9.92. The first-order chi connectivity index (χ1) is 66.2. The first kappa shape index (κ1) is 118. The van der Waals surface area contributed by atoms with E-state index in [1.165, 1.54) is 250 Å². The van der Waals surface area contributed by atoms with Crippen LogP contribution in [0, 0.1) is 19.8 Å². The van der Waals surface area contributed by atoms with Crippen molar-refractivity contribution in [2.24, 2.45) is 5.92 Å². The van der Waals surface area contributed by atoms with Gasteiger partial charge in [0, 0.05) is 0 Å². The van der Waals surface area contributed by atoms with Gasteiger partial charge in [0.05, 0.1) is 0 Å². The van der Waals surface area contributed by atoms with E-state index in [1.807, 2.05) is 96.9 Å². The molecule has 0 N–H and O–H groups in total. The number of hydrogen-bond acceptors (Lipinski definition) is 0. The molecule has 0 aromatic heterocycles. The van der Waals surface area contributed by atoms with Crippen LogP contribution in [-0.4, -0.2) is 0 Å². The van der Waals surface area contributed by atoms with Crippen molar-refractivity contribution >= 4 is 0 Å². The summed E-state index contributed by atoms with van der Waals surface area (Å²) in [5.74, 6) is 1.53. The monoisotopic (exact) mass is 1800 g/mol. The minimum atomic E-state index is 0.706. The molecule has 14 rings (SSSR count). The van der Waals surface area contributed by atoms with Gasteiger partial charge in [0.25, 0.3) is 0 Å². The second-order valence-corrected chi connectivity index (χ2v) is 33.6. The molecule has 0 amide bonds. The summed E-state index contributed by atoms with van der Waals surface area (Å²) in [4.78, 5) is 0. The topological polar surface area (TPSA) is 0 Å². The van der Waals surface area contributed by atoms with Crippen LogP contribution in [-0.2, 0) is 57.8 Å². The SMILES string of the molecule is CC.CC.CC.CC.CC.CC.CC.CCC(CC)Cc1ccc(-c2ccc(C)cc2)cc1.CCC(CC)c1ccc(-c2ccc(C)cc2)cc1.CCCc1ccc(-c2cc(-c3ccc(CCC)cc3)cc(-c3ccc(CCC)cc3)c2)cc1.CCCc1ccc(-c2cc(CCC)cc(-c3ccc(CCC)cc3)c2)cc1.CCCc1ccc(-c2cccc(-c3ccc(CCC)cc3)c2)cc1. The third-order valence-corrected chi connectivity index (χ3v) is 23.9. The largest absolute Gasteiger partial charge is 0.0683 e. The zero-order valence-electron chi connectivity index (χ0n) is 90.2. The number of hydrogen-bond donors (Lipinski definition) is 0. The molecule has 0 heterocycles. The molecular formula is C135H182. The Morgan fingerprint density at radius 1 is 0.156 bits per heavy atom. The molecule has 0 atom stereocenters. The van der Waals surface area contributed by atoms with Crippen LogP contribution >= 0.6 is 0 Å². The van der Waals surface area contributed by atoms with Crippen LogP contribution < -0.4 is 0 Å². The Labute approximate surface area is 829 Å². The van der Waals surface area contributed by atoms with Crippen molar-refractivity contribution < 1.29 is 0 Å². The highest BCUT2D eigenvalue weighted by molar-refractivity contribution is 5.82. The minimum absolute atomic E-state index is 0.706. The van der Waals surface area contributed by atoms with Gasteiger partial charge >= 0.3 is 0 Å². The Morgan fingerprint density at radius 2 is 0.326 bits per heavy atom. The normalized spacial score (nSPS) is 10.1. The molecule has 0 aliphatic heterocycles. The highest BCUT2D eigenvalue weighted by Gasteiger charge is 2.14. The van der Waals surface area contributed by atoms with Crippen LogP contribution in [0.1, 0.15) is 330 Å². The van der Waals surface area contributed by atoms with Crippen molar-refractivity contribution in [3.8, 4) is 100 Å². The van der Waals surface area contributed by atoms with Gasteiger partial charge in [-0.3, -0.25) is 0 Å². The Balaban J connectivity index is 0.000000426. The maximum Gasteiger partial charge on any atom is -0.0167 e. The van der Waals surface area contributed by atoms with E-state index in [2.05, 4.69) is 425 Å². The lowest BCUT2D eigenvalue weighted by molar-refractivity contribution is 0.490. The first-order valence-electron chi connectivity index (χ1n) is 53.6. The van der Waals surface area contributed by atoms with Crippen molar-refractivity contribution in [1.29, 1.82) is 0 Å². The van der Waals surface area contributed by atoms with Gasteiger partial charge in [-0.25, -0.2) is 0 Å². The molecule has 0 unspecified atom stereocenters. The molecule has 135 heavy (non-hydrogen) atoms. The molecule has 0 heteroatoms. The molecule has 0 aliphatic rings. The molecular weight excluding hydrogens is 1620 g/mol. The van der Waals surface area contributed by atoms with Crippen LogP contribution in [0.2, 0.25) is 0 Å². The lowest BCUT2D eigenvalue weighted by Gasteiger charge is -2.13. The summed E-state index contributed by atoms with van der Waals surface area (Å²) in [6.45, 7) is 59.2. The molecule has 722 valence electrons. The van der Waals surface area contributed by atoms with E-state index in [-0.39, 0.29) is 0 Å². The van der Waals surface area contributed by atoms with Crippen LogP contribution in [0.15, 0.2) is 328 Å². The van der Waals surface area contributed by atoms with Gasteiger partial charge < -0.3 is 0 Å². The molecule has 0 aliphatic carbocycles. The third-order valence-electron chi connectivity index (χ3n) is 23.9. The molecule has 0 saturated carbocycles. The van der Waals surface area contributed by atoms with E-state index in [9.17, 15) is 0 Å². The summed E-state index contributed by atoms with van der Waals surface area (Å²) >= 11 is 0. The van der Waals surface area contributed by atoms with E-state index in [0.717, 1.165) is 57.3 Å². The van der Waals surface area contributed by atoms with Crippen LogP contribution in [0.3, 0.4) is 0 Å². The van der Waals surface area contributed by atoms with E-state index < -0.39 is 0 Å². The van der Waals surface area contributed by atoms with Gasteiger partial charge in [0.1, 0.15) is 0 Å². The standard InChI is InChI=1S/C33H36.C27H32.C24H26.C19H24.C18H22.7C2H6/c1-4-7-25-10-16-28(17-11-25)31-22-32(29-18-12-26(8-5-2)13-19-29)24-33(23-31)30-20-14-27(9-6-3)15-21-30;1-4-7-21-10-14-24(15-11-21)26-18-23(9-6-3)19-27(20-26)25-16-12-22(8-5-2)13-17-25;1-3-6-19-10-14-21(15-11-19)23-8-5-9-24(18-23)22-16-12-20(7-4-2)13-17-22;1-4-16(5-2)14-17-8-12-19(13-9-17)18-10-6-15(3)7-11-18;1-4-15(5-2)16-10-12-18(13-11-16)17-8-6-14(3)7-9-17;7*1-2/h10-24H,4-9H2,1-3H3;10-20H,4-9H2,1-3H3;5,8-18H,3-4,6-7H2,1-2H3;6-13,16H,4-5,14H2,1-3H3;6-13,15H,4-5H2,1-3H3;7*1-2H3. The van der Waals surface area contributed by atoms with Crippen molar-refractivity contribution in [2.45, 2.75) is 335 Å². The van der Waals surface area contributed by atoms with Crippen molar-refractivity contribution in [2.75, 3.05) is 0 Å². The highest BCUT2D eigenvalue weighted by atomic mass is 14.2. The molecule has 14 aromatic carbocycles. The predicted molar refractivity (Wildman–Crippen MR) is 613 cm³/mol. The Hall–Kier alpha value is -10.9. The average Bonchev–Trinajstić information content (AvgIpc) is 0.793. The lowest BCUT2D eigenvalue weighted by Crippen LogP contribution is -2.01. The molecule has 0 spiro atoms. The molecule has 0 nitrogen and oxygen atoms in total. The maximum absolute atomic E-state index is 2.37. The van der Waals surface area contributed by atoms with Gasteiger partial charge in [-0.2, -0.15) is 0 Å². The average molecular weight is 1800 g/mol. The molecule has 0 radical (unpaired) electrons. The molecule has 0 fully saturated rings. The Bertz CT molecular complexity index is 4950. The zero-order chi connectivity index (χ0) is 99.5. The minimum Gasteiger partial charge on any atom is -0.0683 e. The van der Waals surface area contributed by atoms with Gasteiger partial charge in [-0.15, -0.1) is 0 Å². The quantitative estimate of drug-likeness (QED) is 0.0394. The number of benzene rings is 14. The van der Waals surface area contributed by atoms with Gasteiger partial charge in [0.2, 0.25) is 0 Å². The number of aryl methyl sites for hydroxylation is 10. The summed E-state index contributed by atoms with van der Waals surface area (Å²) in [6.07, 6.45) is 24.9. The van der Waals surface area contributed by atoms with E-state index >= 15 is 0 Å². The summed E-state index contributed by atoms with van der Waals surface area (Å²) in [7, 11) is 0. The fraction of sp³-hybridized carbons (Fsp3) is 0.378. The molecule has 0 bridgehead atoms. The van der Waals surface area contributed by atoms with Gasteiger partial charge in [-0.05, 0) is 282 Å². The highest BCUT2D eigenvalue weighted by Crippen LogP contribution is 2.37. The summed E-state index contributed by atoms with van der Waals surface area (Å²) in [5.41, 5.74) is 40.3. The fourth-order valence-corrected chi connectivity index (χ4v) is 16.5. The second-order valence-electron chi connectivity index (χ2n) is 33.6. The van der Waals surface area contributed by atoms with Gasteiger partial charge in [-0.1, -0.05) is 553 Å². The van der Waals surface area contributed by atoms with Gasteiger partial charge in [0.15, 0.2) is 0 Å². The molecule has 14 aromatic rings. The summed E-state index contributed by atoms with van der Waals surface area (Å²) in [6, 6.07) is 122. The predicted octanol–water partition coefficient (Wildman–Crippen LogP) is 42.7. The van der Waals surface area contributed by atoms with Crippen molar-refractivity contribution in [3.05, 3.63) is 394 Å². The second kappa shape index (κ2) is 71.6. The Morgan fingerprint density at radius 3 is 0.533 bits per heavy atom. The third kappa shape index (κ3) is 41.3. The summed E-state index contributed by atoms with van der Waals surface area (Å²) in [5, 5.41) is 0. The van der Waals surface area contributed by atoms with E-state index in [1.54, 1.807) is 0 Å². The van der Waals surface area contributed by atoms with Crippen LogP contribution in [0.25, 0.3) is 100 Å². The maximum atomic E-state index is 2.37.